The molecule has 2 unspecified atom stereocenters. The zero-order chi connectivity index (χ0) is 20.3. The molecular formula is C26H39NO2. The van der Waals surface area contributed by atoms with Crippen LogP contribution in [0.15, 0.2) is 34.7 Å². The van der Waals surface area contributed by atoms with Crippen molar-refractivity contribution in [2.24, 2.45) is 40.2 Å². The Morgan fingerprint density at radius 3 is 2.76 bits per heavy atom. The number of furan rings is 1. The number of fused-ring (bicyclic) bond motifs is 5. The summed E-state index contributed by atoms with van der Waals surface area (Å²) < 4.78 is 5.38. The van der Waals surface area contributed by atoms with Crippen molar-refractivity contribution in [1.82, 2.24) is 0 Å². The van der Waals surface area contributed by atoms with Gasteiger partial charge in [-0.15, -0.1) is 0 Å². The third kappa shape index (κ3) is 2.76. The van der Waals surface area contributed by atoms with Gasteiger partial charge >= 0.3 is 0 Å². The molecule has 3 N–H and O–H groups in total. The van der Waals surface area contributed by atoms with Crippen molar-refractivity contribution in [3.63, 3.8) is 0 Å². The molecule has 1 heterocycles. The number of nitrogens with two attached hydrogens (primary N) is 1. The lowest BCUT2D eigenvalue weighted by molar-refractivity contribution is -0.133. The summed E-state index contributed by atoms with van der Waals surface area (Å²) in [4.78, 5) is 0. The molecule has 0 saturated heterocycles. The van der Waals surface area contributed by atoms with Gasteiger partial charge in [0.1, 0.15) is 0 Å². The number of hydrogen-bond donors (Lipinski definition) is 2. The van der Waals surface area contributed by atoms with E-state index in [2.05, 4.69) is 19.9 Å². The molecule has 0 amide bonds. The smallest absolute Gasteiger partial charge is 0.0983 e. The number of hydrogen-bond acceptors (Lipinski definition) is 3. The molecular weight excluding hydrogens is 358 g/mol. The number of allylic oxidation sites excluding steroid dienone is 2. The Labute approximate surface area is 176 Å². The van der Waals surface area contributed by atoms with E-state index in [0.29, 0.717) is 11.3 Å². The Morgan fingerprint density at radius 1 is 1.17 bits per heavy atom. The molecule has 1 aromatic heterocycles. The van der Waals surface area contributed by atoms with E-state index in [1.54, 1.807) is 18.1 Å². The van der Waals surface area contributed by atoms with E-state index in [0.717, 1.165) is 55.5 Å². The molecule has 5 rings (SSSR count). The summed E-state index contributed by atoms with van der Waals surface area (Å²) >= 11 is 0. The van der Waals surface area contributed by atoms with E-state index in [-0.39, 0.29) is 5.41 Å². The Bertz CT molecular complexity index is 770. The summed E-state index contributed by atoms with van der Waals surface area (Å²) in [7, 11) is 0. The van der Waals surface area contributed by atoms with Gasteiger partial charge in [0.25, 0.3) is 0 Å². The van der Waals surface area contributed by atoms with Crippen LogP contribution in [-0.2, 0) is 5.60 Å². The lowest BCUT2D eigenvalue weighted by Gasteiger charge is -2.60. The van der Waals surface area contributed by atoms with Gasteiger partial charge in [-0.05, 0) is 106 Å². The quantitative estimate of drug-likeness (QED) is 0.633. The van der Waals surface area contributed by atoms with Crippen molar-refractivity contribution < 1.29 is 9.52 Å². The molecule has 0 radical (unpaired) electrons. The molecule has 7 atom stereocenters. The summed E-state index contributed by atoms with van der Waals surface area (Å²) in [6, 6.07) is 1.99. The van der Waals surface area contributed by atoms with Crippen LogP contribution in [0.1, 0.15) is 83.6 Å². The largest absolute Gasteiger partial charge is 0.472 e. The van der Waals surface area contributed by atoms with Gasteiger partial charge in [0.2, 0.25) is 0 Å². The predicted octanol–water partition coefficient (Wildman–Crippen LogP) is 5.79. The van der Waals surface area contributed by atoms with E-state index >= 15 is 0 Å². The maximum absolute atomic E-state index is 11.8. The van der Waals surface area contributed by atoms with Gasteiger partial charge in [0, 0.05) is 11.0 Å². The fourth-order valence-electron chi connectivity index (χ4n) is 8.55. The first-order valence-corrected chi connectivity index (χ1v) is 12.1. The molecule has 29 heavy (non-hydrogen) atoms. The highest BCUT2D eigenvalue weighted by molar-refractivity contribution is 5.29. The van der Waals surface area contributed by atoms with Gasteiger partial charge in [-0.2, -0.15) is 0 Å². The average Bonchev–Trinajstić information content (AvgIpc) is 3.33. The molecule has 1 aromatic rings. The van der Waals surface area contributed by atoms with Crippen LogP contribution in [0.3, 0.4) is 0 Å². The first kappa shape index (κ1) is 19.9. The molecule has 0 aromatic carbocycles. The van der Waals surface area contributed by atoms with Gasteiger partial charge in [-0.1, -0.05) is 25.5 Å². The normalized spacial score (nSPS) is 46.6. The second-order valence-electron chi connectivity index (χ2n) is 11.2. The van der Waals surface area contributed by atoms with Crippen LogP contribution in [0.25, 0.3) is 0 Å². The standard InChI is InChI=1S/C26H39NO2/c1-24-16-18(4-3-14-27)5-6-19(24)7-8-21-22(24)9-12-25(2)23(21)10-13-26(25,28)20-11-15-29-17-20/h6,11,15,17-18,21-23,28H,3-5,7-10,12-14,16,27H2,1-2H3/t18?,21-,22-,23+,24+,25+,26?/m1/s1. The Hall–Kier alpha value is -1.06. The maximum atomic E-state index is 11.8. The highest BCUT2D eigenvalue weighted by Gasteiger charge is 2.64. The summed E-state index contributed by atoms with van der Waals surface area (Å²) in [6.07, 6.45) is 18.2. The number of rotatable bonds is 4. The Kier molecular flexibility index (Phi) is 4.79. The molecule has 4 aliphatic carbocycles. The van der Waals surface area contributed by atoms with Crippen LogP contribution in [-0.4, -0.2) is 11.7 Å². The van der Waals surface area contributed by atoms with Crippen LogP contribution < -0.4 is 5.73 Å². The van der Waals surface area contributed by atoms with E-state index in [1.165, 1.54) is 38.5 Å². The minimum absolute atomic E-state index is 0.0246. The van der Waals surface area contributed by atoms with Gasteiger partial charge in [0.05, 0.1) is 18.1 Å². The minimum atomic E-state index is -0.719. The average molecular weight is 398 g/mol. The fourth-order valence-corrected chi connectivity index (χ4v) is 8.55. The van der Waals surface area contributed by atoms with E-state index in [1.807, 2.05) is 6.07 Å². The van der Waals surface area contributed by atoms with Crippen LogP contribution in [0, 0.1) is 34.5 Å². The molecule has 0 aliphatic heterocycles. The number of aliphatic hydroxyl groups is 1. The molecule has 0 spiro atoms. The van der Waals surface area contributed by atoms with Crippen molar-refractivity contribution in [2.75, 3.05) is 6.54 Å². The third-order valence-electron chi connectivity index (χ3n) is 10.1. The van der Waals surface area contributed by atoms with E-state index in [4.69, 9.17) is 10.2 Å². The molecule has 160 valence electrons. The van der Waals surface area contributed by atoms with Crippen LogP contribution in [0.5, 0.6) is 0 Å². The SMILES string of the molecule is C[C@]12CC(CCCN)CC=C1CC[C@@H]1[C@H]2CC[C@@]2(C)[C@H]1CCC2(O)c1ccoc1. The molecule has 3 nitrogen and oxygen atoms in total. The lowest BCUT2D eigenvalue weighted by Crippen LogP contribution is -2.54. The van der Waals surface area contributed by atoms with Gasteiger partial charge in [0.15, 0.2) is 0 Å². The zero-order valence-electron chi connectivity index (χ0n) is 18.3. The molecule has 3 saturated carbocycles. The lowest BCUT2D eigenvalue weighted by atomic mass is 9.45. The Morgan fingerprint density at radius 2 is 2.00 bits per heavy atom. The van der Waals surface area contributed by atoms with Crippen LogP contribution in [0.2, 0.25) is 0 Å². The minimum Gasteiger partial charge on any atom is -0.472 e. The van der Waals surface area contributed by atoms with Crippen LogP contribution in [0.4, 0.5) is 0 Å². The molecule has 3 heteroatoms. The van der Waals surface area contributed by atoms with Gasteiger partial charge < -0.3 is 15.3 Å². The topological polar surface area (TPSA) is 59.4 Å². The third-order valence-corrected chi connectivity index (χ3v) is 10.1. The van der Waals surface area contributed by atoms with E-state index in [9.17, 15) is 5.11 Å². The van der Waals surface area contributed by atoms with Crippen molar-refractivity contribution in [2.45, 2.75) is 83.7 Å². The summed E-state index contributed by atoms with van der Waals surface area (Å²) in [5.41, 5.74) is 8.20. The predicted molar refractivity (Wildman–Crippen MR) is 116 cm³/mol. The molecule has 3 fully saturated rings. The zero-order valence-corrected chi connectivity index (χ0v) is 18.3. The van der Waals surface area contributed by atoms with Crippen molar-refractivity contribution in [1.29, 1.82) is 0 Å². The first-order valence-electron chi connectivity index (χ1n) is 12.1. The van der Waals surface area contributed by atoms with Crippen molar-refractivity contribution in [3.05, 3.63) is 35.8 Å². The molecule has 4 aliphatic rings. The molecule has 0 bridgehead atoms. The van der Waals surface area contributed by atoms with Crippen LogP contribution >= 0.6 is 0 Å². The first-order chi connectivity index (χ1) is 13.9. The highest BCUT2D eigenvalue weighted by atomic mass is 16.3. The second-order valence-corrected chi connectivity index (χ2v) is 11.2. The monoisotopic (exact) mass is 397 g/mol. The second kappa shape index (κ2) is 6.99. The van der Waals surface area contributed by atoms with E-state index < -0.39 is 5.60 Å². The Balaban J connectivity index is 1.43. The van der Waals surface area contributed by atoms with Gasteiger partial charge in [-0.3, -0.25) is 0 Å². The summed E-state index contributed by atoms with van der Waals surface area (Å²) in [5.74, 6) is 2.98. The van der Waals surface area contributed by atoms with Crippen molar-refractivity contribution in [3.8, 4) is 0 Å². The highest BCUT2D eigenvalue weighted by Crippen LogP contribution is 2.69. The van der Waals surface area contributed by atoms with Gasteiger partial charge in [-0.25, -0.2) is 0 Å². The maximum Gasteiger partial charge on any atom is 0.0983 e. The summed E-state index contributed by atoms with van der Waals surface area (Å²) in [5, 5.41) is 11.8. The van der Waals surface area contributed by atoms with Crippen molar-refractivity contribution >= 4 is 0 Å². The summed E-state index contributed by atoms with van der Waals surface area (Å²) in [6.45, 7) is 5.79. The fraction of sp³-hybridized carbons (Fsp3) is 0.769.